The van der Waals surface area contributed by atoms with Crippen LogP contribution in [0.1, 0.15) is 26.7 Å². The maximum absolute atomic E-state index is 6.14. The smallest absolute Gasteiger partial charge is 0.191 e. The lowest BCUT2D eigenvalue weighted by atomic mass is 10.00. The number of nitrogens with two attached hydrogens (primary N) is 1. The van der Waals surface area contributed by atoms with E-state index in [1.807, 2.05) is 6.07 Å². The molecule has 4 nitrogen and oxygen atoms in total. The summed E-state index contributed by atoms with van der Waals surface area (Å²) in [7, 11) is 2.11. The molecule has 0 saturated carbocycles. The Labute approximate surface area is 151 Å². The number of likely N-dealkylation sites (N-methyl/N-ethyl adjacent to an activating group) is 1. The molecule has 0 amide bonds. The van der Waals surface area contributed by atoms with Crippen LogP contribution >= 0.6 is 24.0 Å². The molecule has 124 valence electrons. The summed E-state index contributed by atoms with van der Waals surface area (Å²) in [6, 6.07) is 10.7. The molecule has 2 N–H and O–H groups in total. The molecule has 1 saturated heterocycles. The number of nitrogens with zero attached hydrogens (tertiary/aromatic N) is 3. The van der Waals surface area contributed by atoms with Crippen molar-refractivity contribution in [3.05, 3.63) is 30.3 Å². The zero-order chi connectivity index (χ0) is 15.2. The molecule has 2 rings (SSSR count). The van der Waals surface area contributed by atoms with E-state index < -0.39 is 0 Å². The molecule has 1 atom stereocenters. The number of guanidine groups is 1. The highest BCUT2D eigenvalue weighted by Crippen LogP contribution is 2.16. The monoisotopic (exact) mass is 416 g/mol. The van der Waals surface area contributed by atoms with Crippen LogP contribution in [0.15, 0.2) is 35.3 Å². The SMILES string of the molecule is CC1CCN(C(N)=NCC(C)N(C)c2ccccc2)CC1.I. The van der Waals surface area contributed by atoms with Gasteiger partial charge >= 0.3 is 0 Å². The van der Waals surface area contributed by atoms with Crippen molar-refractivity contribution in [3.63, 3.8) is 0 Å². The van der Waals surface area contributed by atoms with Crippen molar-refractivity contribution in [2.75, 3.05) is 31.6 Å². The lowest BCUT2D eigenvalue weighted by Crippen LogP contribution is -2.43. The summed E-state index contributed by atoms with van der Waals surface area (Å²) in [5.74, 6) is 1.52. The second-order valence-electron chi connectivity index (χ2n) is 6.16. The molecule has 1 aromatic carbocycles. The Balaban J connectivity index is 0.00000242. The molecule has 5 heteroatoms. The van der Waals surface area contributed by atoms with Crippen LogP contribution < -0.4 is 10.6 Å². The molecule has 1 aromatic rings. The average molecular weight is 416 g/mol. The summed E-state index contributed by atoms with van der Waals surface area (Å²) in [6.45, 7) is 7.30. The van der Waals surface area contributed by atoms with Crippen LogP contribution in [-0.4, -0.2) is 43.6 Å². The van der Waals surface area contributed by atoms with Crippen molar-refractivity contribution in [1.29, 1.82) is 0 Å². The van der Waals surface area contributed by atoms with Gasteiger partial charge in [0.15, 0.2) is 5.96 Å². The third-order valence-corrected chi connectivity index (χ3v) is 4.45. The Morgan fingerprint density at radius 2 is 1.91 bits per heavy atom. The number of rotatable bonds is 4. The summed E-state index contributed by atoms with van der Waals surface area (Å²) in [6.07, 6.45) is 2.44. The molecule has 0 aliphatic carbocycles. The van der Waals surface area contributed by atoms with Gasteiger partial charge in [-0.1, -0.05) is 25.1 Å². The van der Waals surface area contributed by atoms with Crippen LogP contribution in [-0.2, 0) is 0 Å². The van der Waals surface area contributed by atoms with Crippen molar-refractivity contribution in [3.8, 4) is 0 Å². The van der Waals surface area contributed by atoms with E-state index in [1.54, 1.807) is 0 Å². The fraction of sp³-hybridized carbons (Fsp3) is 0.588. The van der Waals surface area contributed by atoms with Crippen LogP contribution in [0.2, 0.25) is 0 Å². The van der Waals surface area contributed by atoms with E-state index in [2.05, 4.69) is 60.0 Å². The molecule has 1 unspecified atom stereocenters. The first-order valence-corrected chi connectivity index (χ1v) is 7.90. The first-order valence-electron chi connectivity index (χ1n) is 7.90. The molecule has 1 fully saturated rings. The molecule has 22 heavy (non-hydrogen) atoms. The zero-order valence-electron chi connectivity index (χ0n) is 13.9. The van der Waals surface area contributed by atoms with Gasteiger partial charge in [0.1, 0.15) is 0 Å². The Kier molecular flexibility index (Phi) is 8.00. The Hall–Kier alpha value is -0.980. The van der Waals surface area contributed by atoms with Crippen molar-refractivity contribution in [1.82, 2.24) is 4.90 Å². The molecule has 0 aromatic heterocycles. The van der Waals surface area contributed by atoms with Gasteiger partial charge in [-0.05, 0) is 37.8 Å². The first-order chi connectivity index (χ1) is 10.1. The van der Waals surface area contributed by atoms with Gasteiger partial charge in [-0.3, -0.25) is 4.99 Å². The quantitative estimate of drug-likeness (QED) is 0.466. The third kappa shape index (κ3) is 5.34. The number of hydrogen-bond acceptors (Lipinski definition) is 2. The predicted octanol–water partition coefficient (Wildman–Crippen LogP) is 3.18. The second-order valence-corrected chi connectivity index (χ2v) is 6.16. The summed E-state index contributed by atoms with van der Waals surface area (Å²) >= 11 is 0. The summed E-state index contributed by atoms with van der Waals surface area (Å²) < 4.78 is 0. The number of para-hydroxylation sites is 1. The van der Waals surface area contributed by atoms with Crippen LogP contribution in [0.5, 0.6) is 0 Å². The summed E-state index contributed by atoms with van der Waals surface area (Å²) in [5, 5.41) is 0. The lowest BCUT2D eigenvalue weighted by molar-refractivity contribution is 0.277. The Bertz CT molecular complexity index is 455. The van der Waals surface area contributed by atoms with E-state index in [0.717, 1.165) is 25.6 Å². The number of halogens is 1. The number of piperidine rings is 1. The third-order valence-electron chi connectivity index (χ3n) is 4.45. The minimum Gasteiger partial charge on any atom is -0.370 e. The molecular formula is C17H29IN4. The topological polar surface area (TPSA) is 44.9 Å². The maximum atomic E-state index is 6.14. The van der Waals surface area contributed by atoms with Crippen LogP contribution in [0.4, 0.5) is 5.69 Å². The second kappa shape index (κ2) is 9.22. The van der Waals surface area contributed by atoms with Crippen LogP contribution in [0.3, 0.4) is 0 Å². The fourth-order valence-electron chi connectivity index (χ4n) is 2.60. The van der Waals surface area contributed by atoms with E-state index in [9.17, 15) is 0 Å². The van der Waals surface area contributed by atoms with Gasteiger partial charge in [0.25, 0.3) is 0 Å². The van der Waals surface area contributed by atoms with Gasteiger partial charge in [0.2, 0.25) is 0 Å². The minimum absolute atomic E-state index is 0. The molecule has 0 radical (unpaired) electrons. The minimum atomic E-state index is 0. The fourth-order valence-corrected chi connectivity index (χ4v) is 2.60. The van der Waals surface area contributed by atoms with E-state index in [0.29, 0.717) is 12.0 Å². The highest BCUT2D eigenvalue weighted by molar-refractivity contribution is 14.0. The predicted molar refractivity (Wildman–Crippen MR) is 106 cm³/mol. The number of likely N-dealkylation sites (tertiary alicyclic amines) is 1. The lowest BCUT2D eigenvalue weighted by Gasteiger charge is -2.31. The normalized spacial score (nSPS) is 17.8. The van der Waals surface area contributed by atoms with E-state index in [-0.39, 0.29) is 24.0 Å². The van der Waals surface area contributed by atoms with Crippen molar-refractivity contribution in [2.24, 2.45) is 16.6 Å². The van der Waals surface area contributed by atoms with Crippen molar-refractivity contribution in [2.45, 2.75) is 32.7 Å². The van der Waals surface area contributed by atoms with E-state index >= 15 is 0 Å². The molecule has 1 aliphatic rings. The van der Waals surface area contributed by atoms with Gasteiger partial charge in [-0.2, -0.15) is 0 Å². The highest BCUT2D eigenvalue weighted by atomic mass is 127. The first kappa shape index (κ1) is 19.1. The summed E-state index contributed by atoms with van der Waals surface area (Å²) in [4.78, 5) is 9.06. The largest absolute Gasteiger partial charge is 0.370 e. The highest BCUT2D eigenvalue weighted by Gasteiger charge is 2.17. The summed E-state index contributed by atoms with van der Waals surface area (Å²) in [5.41, 5.74) is 7.35. The molecule has 0 bridgehead atoms. The van der Waals surface area contributed by atoms with E-state index in [4.69, 9.17) is 5.73 Å². The van der Waals surface area contributed by atoms with E-state index in [1.165, 1.54) is 18.5 Å². The molecular weight excluding hydrogens is 387 g/mol. The van der Waals surface area contributed by atoms with Gasteiger partial charge < -0.3 is 15.5 Å². The average Bonchev–Trinajstić information content (AvgIpc) is 2.53. The number of anilines is 1. The standard InChI is InChI=1S/C17H28N4.HI/c1-14-9-11-21(12-10-14)17(18)19-13-15(2)20(3)16-7-5-4-6-8-16;/h4-8,14-15H,9-13H2,1-3H3,(H2,18,19);1H. The van der Waals surface area contributed by atoms with Crippen molar-refractivity contribution >= 4 is 35.6 Å². The molecule has 1 heterocycles. The molecule has 1 aliphatic heterocycles. The Morgan fingerprint density at radius 1 is 1.32 bits per heavy atom. The zero-order valence-corrected chi connectivity index (χ0v) is 16.2. The van der Waals surface area contributed by atoms with Gasteiger partial charge in [-0.15, -0.1) is 24.0 Å². The number of hydrogen-bond donors (Lipinski definition) is 1. The van der Waals surface area contributed by atoms with Gasteiger partial charge in [0.05, 0.1) is 6.54 Å². The van der Waals surface area contributed by atoms with Gasteiger partial charge in [0, 0.05) is 31.9 Å². The number of benzene rings is 1. The maximum Gasteiger partial charge on any atom is 0.191 e. The van der Waals surface area contributed by atoms with Crippen LogP contribution in [0, 0.1) is 5.92 Å². The molecule has 0 spiro atoms. The number of aliphatic imine (C=N–C) groups is 1. The van der Waals surface area contributed by atoms with Crippen LogP contribution in [0.25, 0.3) is 0 Å². The Morgan fingerprint density at radius 3 is 2.50 bits per heavy atom. The van der Waals surface area contributed by atoms with Crippen molar-refractivity contribution < 1.29 is 0 Å². The van der Waals surface area contributed by atoms with Gasteiger partial charge in [-0.25, -0.2) is 0 Å².